The predicted octanol–water partition coefficient (Wildman–Crippen LogP) is 8.02. The fraction of sp³-hybridized carbons (Fsp3) is 0.714. The smallest absolute Gasteiger partial charge is 0.338 e. The van der Waals surface area contributed by atoms with E-state index < -0.39 is 0 Å². The molecule has 4 heteroatoms. The molecule has 39 heavy (non-hydrogen) atoms. The zero-order chi connectivity index (χ0) is 27.6. The van der Waals surface area contributed by atoms with E-state index in [-0.39, 0.29) is 34.3 Å². The third-order valence-electron chi connectivity index (χ3n) is 12.9. The summed E-state index contributed by atoms with van der Waals surface area (Å²) in [7, 11) is 1.58. The zero-order valence-corrected chi connectivity index (χ0v) is 24.7. The molecule has 0 bridgehead atoms. The maximum absolute atomic E-state index is 13.3. The summed E-state index contributed by atoms with van der Waals surface area (Å²) in [6.45, 7) is 9.87. The third kappa shape index (κ3) is 4.05. The lowest BCUT2D eigenvalue weighted by molar-refractivity contribution is -0.171. The van der Waals surface area contributed by atoms with Gasteiger partial charge in [-0.3, -0.25) is 4.79 Å². The molecule has 4 nitrogen and oxygen atoms in total. The van der Waals surface area contributed by atoms with E-state index in [2.05, 4.69) is 33.8 Å². The molecular formula is C35H48O4. The molecule has 0 radical (unpaired) electrons. The number of esters is 2. The highest BCUT2D eigenvalue weighted by molar-refractivity contribution is 5.89. The molecule has 0 amide bonds. The van der Waals surface area contributed by atoms with Gasteiger partial charge < -0.3 is 9.47 Å². The molecule has 0 N–H and O–H groups in total. The van der Waals surface area contributed by atoms with Crippen LogP contribution in [0, 0.1) is 51.8 Å². The Hall–Kier alpha value is -2.10. The van der Waals surface area contributed by atoms with Gasteiger partial charge in [0.15, 0.2) is 0 Å². The first-order chi connectivity index (χ1) is 18.6. The van der Waals surface area contributed by atoms with Crippen LogP contribution < -0.4 is 0 Å². The van der Waals surface area contributed by atoms with E-state index in [0.717, 1.165) is 51.4 Å². The van der Waals surface area contributed by atoms with Crippen LogP contribution >= 0.6 is 0 Å². The van der Waals surface area contributed by atoms with Gasteiger partial charge in [0.05, 0.1) is 18.1 Å². The van der Waals surface area contributed by atoms with Gasteiger partial charge in [0.25, 0.3) is 0 Å². The lowest BCUT2D eigenvalue weighted by Gasteiger charge is -2.66. The van der Waals surface area contributed by atoms with Crippen LogP contribution in [0.1, 0.15) is 102 Å². The largest absolute Gasteiger partial charge is 0.469 e. The molecule has 5 aliphatic carbocycles. The number of hydrogen-bond acceptors (Lipinski definition) is 4. The topological polar surface area (TPSA) is 52.6 Å². The van der Waals surface area contributed by atoms with Gasteiger partial charge in [-0.05, 0) is 123 Å². The van der Waals surface area contributed by atoms with Crippen molar-refractivity contribution in [3.8, 4) is 0 Å². The summed E-state index contributed by atoms with van der Waals surface area (Å²) in [4.78, 5) is 26.2. The number of fused-ring (bicyclic) bond motifs is 7. The Morgan fingerprint density at radius 3 is 2.33 bits per heavy atom. The van der Waals surface area contributed by atoms with Crippen molar-refractivity contribution in [3.63, 3.8) is 0 Å². The Kier molecular flexibility index (Phi) is 6.79. The normalized spacial score (nSPS) is 44.9. The van der Waals surface area contributed by atoms with E-state index >= 15 is 0 Å². The molecule has 6 unspecified atom stereocenters. The van der Waals surface area contributed by atoms with Crippen LogP contribution in [0.15, 0.2) is 42.0 Å². The standard InChI is InChI=1S/C35H48O4/c1-22-13-19-35(32(37)38-5)20-15-27-25(28(35)21-22)11-12-30-33(3)18-16-29(23(2)26(33)14-17-34(27,30)4)39-31(36)24-9-7-6-8-10-24/h6-11,22-23,26-30H,12-21H2,1-5H3/t22-,23?,26?,27?,28?,29?,30?,33-,34-,35-/m0/s1. The Morgan fingerprint density at radius 1 is 0.872 bits per heavy atom. The summed E-state index contributed by atoms with van der Waals surface area (Å²) >= 11 is 0. The number of rotatable bonds is 3. The van der Waals surface area contributed by atoms with E-state index in [4.69, 9.17) is 9.47 Å². The van der Waals surface area contributed by atoms with Crippen LogP contribution in [0.3, 0.4) is 0 Å². The second-order valence-electron chi connectivity index (χ2n) is 14.5. The van der Waals surface area contributed by atoms with Gasteiger partial charge in [-0.1, -0.05) is 57.5 Å². The molecule has 4 saturated carbocycles. The molecular weight excluding hydrogens is 484 g/mol. The maximum Gasteiger partial charge on any atom is 0.338 e. The van der Waals surface area contributed by atoms with Gasteiger partial charge in [0.2, 0.25) is 0 Å². The average Bonchev–Trinajstić information content (AvgIpc) is 2.94. The van der Waals surface area contributed by atoms with Crippen LogP contribution in [0.2, 0.25) is 0 Å². The van der Waals surface area contributed by atoms with Crippen molar-refractivity contribution in [1.29, 1.82) is 0 Å². The molecule has 212 valence electrons. The Labute approximate surface area is 235 Å². The minimum Gasteiger partial charge on any atom is -0.469 e. The van der Waals surface area contributed by atoms with Crippen LogP contribution in [-0.2, 0) is 14.3 Å². The Bertz CT molecular complexity index is 1140. The summed E-state index contributed by atoms with van der Waals surface area (Å²) in [6.07, 6.45) is 13.6. The molecule has 1 aromatic carbocycles. The summed E-state index contributed by atoms with van der Waals surface area (Å²) < 4.78 is 11.6. The predicted molar refractivity (Wildman–Crippen MR) is 153 cm³/mol. The fourth-order valence-corrected chi connectivity index (χ4v) is 10.9. The second kappa shape index (κ2) is 9.77. The monoisotopic (exact) mass is 532 g/mol. The number of hydrogen-bond donors (Lipinski definition) is 0. The second-order valence-corrected chi connectivity index (χ2v) is 14.5. The highest BCUT2D eigenvalue weighted by Crippen LogP contribution is 2.70. The third-order valence-corrected chi connectivity index (χ3v) is 12.9. The van der Waals surface area contributed by atoms with Crippen molar-refractivity contribution in [3.05, 3.63) is 47.5 Å². The van der Waals surface area contributed by atoms with Crippen molar-refractivity contribution in [2.45, 2.75) is 98.0 Å². The summed E-state index contributed by atoms with van der Waals surface area (Å²) in [5.74, 6) is 3.02. The van der Waals surface area contributed by atoms with E-state index in [0.29, 0.717) is 41.1 Å². The number of benzene rings is 1. The van der Waals surface area contributed by atoms with E-state index in [1.165, 1.54) is 12.8 Å². The number of methoxy groups -OCH3 is 1. The minimum absolute atomic E-state index is 0.00564. The van der Waals surface area contributed by atoms with Gasteiger partial charge in [0.1, 0.15) is 6.10 Å². The lowest BCUT2D eigenvalue weighted by atomic mass is 9.38. The Balaban J connectivity index is 1.26. The minimum atomic E-state index is -0.302. The van der Waals surface area contributed by atoms with Crippen molar-refractivity contribution in [2.75, 3.05) is 7.11 Å². The van der Waals surface area contributed by atoms with Gasteiger partial charge in [-0.2, -0.15) is 0 Å². The van der Waals surface area contributed by atoms with Crippen LogP contribution in [0.5, 0.6) is 0 Å². The van der Waals surface area contributed by atoms with Gasteiger partial charge in [0, 0.05) is 0 Å². The molecule has 1 aromatic rings. The Morgan fingerprint density at radius 2 is 1.59 bits per heavy atom. The van der Waals surface area contributed by atoms with E-state index in [9.17, 15) is 9.59 Å². The van der Waals surface area contributed by atoms with Crippen molar-refractivity contribution in [2.24, 2.45) is 51.8 Å². The molecule has 5 aliphatic rings. The highest BCUT2D eigenvalue weighted by atomic mass is 16.5. The number of carbonyl (C=O) groups is 2. The molecule has 0 aromatic heterocycles. The molecule has 10 atom stereocenters. The molecule has 0 saturated heterocycles. The zero-order valence-electron chi connectivity index (χ0n) is 24.7. The van der Waals surface area contributed by atoms with Crippen LogP contribution in [-0.4, -0.2) is 25.2 Å². The number of allylic oxidation sites excluding steroid dienone is 2. The van der Waals surface area contributed by atoms with Crippen LogP contribution in [0.4, 0.5) is 0 Å². The maximum atomic E-state index is 13.3. The van der Waals surface area contributed by atoms with Gasteiger partial charge >= 0.3 is 11.9 Å². The highest BCUT2D eigenvalue weighted by Gasteiger charge is 2.64. The first kappa shape index (κ1) is 27.1. The molecule has 6 rings (SSSR count). The van der Waals surface area contributed by atoms with Crippen LogP contribution in [0.25, 0.3) is 0 Å². The average molecular weight is 533 g/mol. The number of ether oxygens (including phenoxy) is 2. The van der Waals surface area contributed by atoms with Crippen molar-refractivity contribution < 1.29 is 19.1 Å². The van der Waals surface area contributed by atoms with Crippen molar-refractivity contribution >= 4 is 11.9 Å². The quantitative estimate of drug-likeness (QED) is 0.292. The first-order valence-corrected chi connectivity index (χ1v) is 15.7. The molecule has 4 fully saturated rings. The number of carbonyl (C=O) groups excluding carboxylic acids is 2. The summed E-state index contributed by atoms with van der Waals surface area (Å²) in [5.41, 5.74) is 2.48. The fourth-order valence-electron chi connectivity index (χ4n) is 10.9. The summed E-state index contributed by atoms with van der Waals surface area (Å²) in [6, 6.07) is 9.44. The lowest BCUT2D eigenvalue weighted by Crippen LogP contribution is -2.60. The molecule has 0 spiro atoms. The first-order valence-electron chi connectivity index (χ1n) is 15.7. The van der Waals surface area contributed by atoms with E-state index in [1.54, 1.807) is 12.7 Å². The SMILES string of the molecule is COC(=O)[C@@]12CCC3C(=CCC4[C@@]3(C)CCC3C(C)C(OC(=O)c5ccccc5)CC[C@@]34C)C1C[C@@H](C)CC2. The molecule has 0 heterocycles. The van der Waals surface area contributed by atoms with Gasteiger partial charge in [-0.25, -0.2) is 4.79 Å². The van der Waals surface area contributed by atoms with Crippen molar-refractivity contribution in [1.82, 2.24) is 0 Å². The van der Waals surface area contributed by atoms with Gasteiger partial charge in [-0.15, -0.1) is 0 Å². The summed E-state index contributed by atoms with van der Waals surface area (Å²) in [5, 5.41) is 0. The molecule has 0 aliphatic heterocycles. The van der Waals surface area contributed by atoms with E-state index in [1.807, 2.05) is 30.3 Å².